The van der Waals surface area contributed by atoms with Crippen LogP contribution >= 0.6 is 22.6 Å². The number of Topliss-reactive ketones (excluding diaryl/α,β-unsaturated/α-hetero) is 1. The second kappa shape index (κ2) is 5.95. The summed E-state index contributed by atoms with van der Waals surface area (Å²) in [6.07, 6.45) is 2.33. The second-order valence-electron chi connectivity index (χ2n) is 4.97. The lowest BCUT2D eigenvalue weighted by Crippen LogP contribution is -2.01. The van der Waals surface area contributed by atoms with E-state index in [4.69, 9.17) is 4.74 Å². The molecule has 0 aromatic heterocycles. The van der Waals surface area contributed by atoms with Crippen LogP contribution in [-0.4, -0.2) is 12.4 Å². The average Bonchev–Trinajstić information content (AvgIpc) is 2.93. The predicted octanol–water partition coefficient (Wildman–Crippen LogP) is 4.04. The minimum Gasteiger partial charge on any atom is -0.493 e. The SMILES string of the molecule is O=C(CCc1ccc2c(c1)CCO2)c1ccc(I)cc1. The van der Waals surface area contributed by atoms with Gasteiger partial charge in [-0.1, -0.05) is 24.3 Å². The topological polar surface area (TPSA) is 26.3 Å². The summed E-state index contributed by atoms with van der Waals surface area (Å²) in [6, 6.07) is 14.0. The number of ether oxygens (including phenoxy) is 1. The molecule has 0 aliphatic carbocycles. The van der Waals surface area contributed by atoms with E-state index in [1.54, 1.807) is 0 Å². The summed E-state index contributed by atoms with van der Waals surface area (Å²) in [4.78, 5) is 12.1. The van der Waals surface area contributed by atoms with Crippen molar-refractivity contribution in [3.8, 4) is 5.75 Å². The monoisotopic (exact) mass is 378 g/mol. The van der Waals surface area contributed by atoms with Crippen LogP contribution in [0.1, 0.15) is 27.9 Å². The number of benzene rings is 2. The number of carbonyl (C=O) groups is 1. The highest BCUT2D eigenvalue weighted by Gasteiger charge is 2.12. The number of fused-ring (bicyclic) bond motifs is 1. The first-order valence-electron chi connectivity index (χ1n) is 6.76. The van der Waals surface area contributed by atoms with E-state index >= 15 is 0 Å². The Balaban J connectivity index is 1.64. The van der Waals surface area contributed by atoms with Crippen molar-refractivity contribution in [1.29, 1.82) is 0 Å². The molecule has 1 heterocycles. The number of ketones is 1. The molecule has 1 aliphatic heterocycles. The summed E-state index contributed by atoms with van der Waals surface area (Å²) >= 11 is 2.24. The van der Waals surface area contributed by atoms with Gasteiger partial charge >= 0.3 is 0 Å². The van der Waals surface area contributed by atoms with E-state index in [1.165, 1.54) is 11.1 Å². The van der Waals surface area contributed by atoms with E-state index in [0.717, 1.165) is 34.3 Å². The fourth-order valence-corrected chi connectivity index (χ4v) is 2.79. The third-order valence-electron chi connectivity index (χ3n) is 3.56. The van der Waals surface area contributed by atoms with E-state index in [2.05, 4.69) is 34.7 Å². The molecule has 0 amide bonds. The maximum Gasteiger partial charge on any atom is 0.163 e. The van der Waals surface area contributed by atoms with Gasteiger partial charge in [0.25, 0.3) is 0 Å². The molecule has 0 bridgehead atoms. The Labute approximate surface area is 132 Å². The Hall–Kier alpha value is -1.36. The minimum atomic E-state index is 0.207. The molecule has 0 N–H and O–H groups in total. The van der Waals surface area contributed by atoms with Crippen LogP contribution in [0.4, 0.5) is 0 Å². The summed E-state index contributed by atoms with van der Waals surface area (Å²) in [5, 5.41) is 0. The first-order valence-corrected chi connectivity index (χ1v) is 7.83. The third kappa shape index (κ3) is 3.03. The fourth-order valence-electron chi connectivity index (χ4n) is 2.43. The second-order valence-corrected chi connectivity index (χ2v) is 6.22. The van der Waals surface area contributed by atoms with Crippen molar-refractivity contribution >= 4 is 28.4 Å². The van der Waals surface area contributed by atoms with Gasteiger partial charge in [0, 0.05) is 22.0 Å². The maximum absolute atomic E-state index is 12.1. The molecule has 0 radical (unpaired) electrons. The Kier molecular flexibility index (Phi) is 4.05. The van der Waals surface area contributed by atoms with Crippen LogP contribution in [0.2, 0.25) is 0 Å². The van der Waals surface area contributed by atoms with Crippen LogP contribution in [0.15, 0.2) is 42.5 Å². The highest BCUT2D eigenvalue weighted by Crippen LogP contribution is 2.26. The van der Waals surface area contributed by atoms with Crippen molar-refractivity contribution in [2.75, 3.05) is 6.61 Å². The molecule has 2 aromatic carbocycles. The van der Waals surface area contributed by atoms with Gasteiger partial charge in [0.2, 0.25) is 0 Å². The lowest BCUT2D eigenvalue weighted by atomic mass is 10.0. The Morgan fingerprint density at radius 2 is 1.95 bits per heavy atom. The predicted molar refractivity (Wildman–Crippen MR) is 87.5 cm³/mol. The summed E-state index contributed by atoms with van der Waals surface area (Å²) in [7, 11) is 0. The highest BCUT2D eigenvalue weighted by atomic mass is 127. The maximum atomic E-state index is 12.1. The lowest BCUT2D eigenvalue weighted by molar-refractivity contribution is 0.0983. The van der Waals surface area contributed by atoms with Crippen LogP contribution in [0, 0.1) is 3.57 Å². The van der Waals surface area contributed by atoms with Crippen molar-refractivity contribution in [3.63, 3.8) is 0 Å². The average molecular weight is 378 g/mol. The van der Waals surface area contributed by atoms with E-state index < -0.39 is 0 Å². The quantitative estimate of drug-likeness (QED) is 0.593. The minimum absolute atomic E-state index is 0.207. The molecule has 1 aliphatic rings. The van der Waals surface area contributed by atoms with Crippen LogP contribution in [0.25, 0.3) is 0 Å². The molecule has 3 heteroatoms. The van der Waals surface area contributed by atoms with E-state index in [1.807, 2.05) is 30.3 Å². The Morgan fingerprint density at radius 3 is 2.75 bits per heavy atom. The van der Waals surface area contributed by atoms with Crippen molar-refractivity contribution in [3.05, 3.63) is 62.7 Å². The zero-order valence-corrected chi connectivity index (χ0v) is 13.2. The van der Waals surface area contributed by atoms with Crippen LogP contribution in [-0.2, 0) is 12.8 Å². The first-order chi connectivity index (χ1) is 9.72. The molecule has 3 rings (SSSR count). The van der Waals surface area contributed by atoms with Crippen LogP contribution < -0.4 is 4.74 Å². The van der Waals surface area contributed by atoms with Gasteiger partial charge in [-0.05, 0) is 58.3 Å². The van der Waals surface area contributed by atoms with Crippen molar-refractivity contribution < 1.29 is 9.53 Å². The largest absolute Gasteiger partial charge is 0.493 e. The molecule has 0 fully saturated rings. The normalized spacial score (nSPS) is 12.8. The molecule has 20 heavy (non-hydrogen) atoms. The Bertz CT molecular complexity index is 632. The van der Waals surface area contributed by atoms with Crippen molar-refractivity contribution in [2.24, 2.45) is 0 Å². The molecule has 2 aromatic rings. The van der Waals surface area contributed by atoms with Gasteiger partial charge in [0.1, 0.15) is 5.75 Å². The van der Waals surface area contributed by atoms with Gasteiger partial charge in [-0.3, -0.25) is 4.79 Å². The summed E-state index contributed by atoms with van der Waals surface area (Å²) in [6.45, 7) is 0.778. The molecule has 0 saturated carbocycles. The molecule has 0 unspecified atom stereocenters. The summed E-state index contributed by atoms with van der Waals surface area (Å²) in [5.74, 6) is 1.20. The number of halogens is 1. The van der Waals surface area contributed by atoms with Gasteiger partial charge in [-0.2, -0.15) is 0 Å². The number of rotatable bonds is 4. The third-order valence-corrected chi connectivity index (χ3v) is 4.28. The fraction of sp³-hybridized carbons (Fsp3) is 0.235. The van der Waals surface area contributed by atoms with Gasteiger partial charge in [-0.25, -0.2) is 0 Å². The molecule has 102 valence electrons. The molecule has 0 saturated heterocycles. The smallest absolute Gasteiger partial charge is 0.163 e. The first kappa shape index (κ1) is 13.6. The van der Waals surface area contributed by atoms with Gasteiger partial charge in [0.05, 0.1) is 6.61 Å². The van der Waals surface area contributed by atoms with Gasteiger partial charge in [0.15, 0.2) is 5.78 Å². The van der Waals surface area contributed by atoms with Gasteiger partial charge in [-0.15, -0.1) is 0 Å². The summed E-state index contributed by atoms with van der Waals surface area (Å²) < 4.78 is 6.64. The number of carbonyl (C=O) groups excluding carboxylic acids is 1. The van der Waals surface area contributed by atoms with E-state index in [9.17, 15) is 4.79 Å². The summed E-state index contributed by atoms with van der Waals surface area (Å²) in [5.41, 5.74) is 3.28. The highest BCUT2D eigenvalue weighted by molar-refractivity contribution is 14.1. The number of hydrogen-bond donors (Lipinski definition) is 0. The van der Waals surface area contributed by atoms with Crippen molar-refractivity contribution in [2.45, 2.75) is 19.3 Å². The molecular weight excluding hydrogens is 363 g/mol. The molecule has 2 nitrogen and oxygen atoms in total. The van der Waals surface area contributed by atoms with Gasteiger partial charge < -0.3 is 4.74 Å². The number of aryl methyl sites for hydroxylation is 1. The molecular formula is C17H15IO2. The van der Waals surface area contributed by atoms with Crippen molar-refractivity contribution in [1.82, 2.24) is 0 Å². The molecule has 0 atom stereocenters. The van der Waals surface area contributed by atoms with E-state index in [-0.39, 0.29) is 5.78 Å². The van der Waals surface area contributed by atoms with E-state index in [0.29, 0.717) is 6.42 Å². The van der Waals surface area contributed by atoms with Crippen LogP contribution in [0.5, 0.6) is 5.75 Å². The zero-order chi connectivity index (χ0) is 13.9. The lowest BCUT2D eigenvalue weighted by Gasteiger charge is -2.04. The standard InChI is InChI=1S/C17H15IO2/c18-15-5-3-13(4-6-15)16(19)7-1-12-2-8-17-14(11-12)9-10-20-17/h2-6,8,11H,1,7,9-10H2. The number of hydrogen-bond acceptors (Lipinski definition) is 2. The van der Waals surface area contributed by atoms with Crippen LogP contribution in [0.3, 0.4) is 0 Å². The molecule has 0 spiro atoms. The zero-order valence-electron chi connectivity index (χ0n) is 11.1. The Morgan fingerprint density at radius 1 is 1.15 bits per heavy atom.